The van der Waals surface area contributed by atoms with E-state index in [1.54, 1.807) is 13.3 Å². The van der Waals surface area contributed by atoms with Gasteiger partial charge in [-0.05, 0) is 68.8 Å². The number of carbonyl (C=O) groups excluding carboxylic acids is 1. The number of Topliss-reactive ketones (excluding diaryl/α,β-unsaturated/α-hetero) is 1. The summed E-state index contributed by atoms with van der Waals surface area (Å²) in [6.45, 7) is 4.45. The van der Waals surface area contributed by atoms with Gasteiger partial charge in [0.25, 0.3) is 0 Å². The molecule has 0 aliphatic carbocycles. The zero-order valence-corrected chi connectivity index (χ0v) is 15.4. The molecule has 0 radical (unpaired) electrons. The summed E-state index contributed by atoms with van der Waals surface area (Å²) >= 11 is 0. The van der Waals surface area contributed by atoms with Gasteiger partial charge < -0.3 is 11.1 Å². The van der Waals surface area contributed by atoms with Gasteiger partial charge in [-0.15, -0.1) is 0 Å². The number of nitrogens with two attached hydrogens (primary N) is 1. The molecular formula is C20H24N6O. The number of hydrogen-bond acceptors (Lipinski definition) is 6. The SMILES string of the molecule is CC(=O)c1ccc(Nc2ncnn3ccc(CN4CCC(N)CC4)c23)cc1. The van der Waals surface area contributed by atoms with Gasteiger partial charge in [-0.2, -0.15) is 5.10 Å². The van der Waals surface area contributed by atoms with E-state index in [0.29, 0.717) is 11.6 Å². The Morgan fingerprint density at radius 1 is 1.22 bits per heavy atom. The summed E-state index contributed by atoms with van der Waals surface area (Å²) in [7, 11) is 0. The van der Waals surface area contributed by atoms with Crippen molar-refractivity contribution in [3.05, 3.63) is 54.0 Å². The second-order valence-electron chi connectivity index (χ2n) is 7.11. The van der Waals surface area contributed by atoms with Crippen molar-refractivity contribution < 1.29 is 4.79 Å². The van der Waals surface area contributed by atoms with E-state index in [1.165, 1.54) is 5.56 Å². The lowest BCUT2D eigenvalue weighted by Gasteiger charge is -2.29. The highest BCUT2D eigenvalue weighted by Crippen LogP contribution is 2.25. The molecule has 1 aromatic carbocycles. The molecule has 0 amide bonds. The van der Waals surface area contributed by atoms with Crippen LogP contribution in [0.4, 0.5) is 11.5 Å². The maximum Gasteiger partial charge on any atom is 0.159 e. The molecule has 27 heavy (non-hydrogen) atoms. The van der Waals surface area contributed by atoms with Gasteiger partial charge in [-0.25, -0.2) is 9.50 Å². The number of ketones is 1. The minimum Gasteiger partial charge on any atom is -0.338 e. The number of nitrogens with zero attached hydrogens (tertiary/aromatic N) is 4. The predicted octanol–water partition coefficient (Wildman–Crippen LogP) is 2.60. The lowest BCUT2D eigenvalue weighted by Crippen LogP contribution is -2.39. The Bertz CT molecular complexity index is 941. The van der Waals surface area contributed by atoms with Crippen molar-refractivity contribution in [3.63, 3.8) is 0 Å². The van der Waals surface area contributed by atoms with Crippen molar-refractivity contribution in [2.24, 2.45) is 5.73 Å². The first kappa shape index (κ1) is 17.6. The van der Waals surface area contributed by atoms with Crippen molar-refractivity contribution in [2.45, 2.75) is 32.4 Å². The minimum atomic E-state index is 0.0566. The molecule has 1 saturated heterocycles. The average Bonchev–Trinajstić information content (AvgIpc) is 3.08. The van der Waals surface area contributed by atoms with Crippen molar-refractivity contribution in [1.29, 1.82) is 0 Å². The van der Waals surface area contributed by atoms with Crippen molar-refractivity contribution in [1.82, 2.24) is 19.5 Å². The highest BCUT2D eigenvalue weighted by Gasteiger charge is 2.18. The monoisotopic (exact) mass is 364 g/mol. The molecule has 2 aromatic heterocycles. The summed E-state index contributed by atoms with van der Waals surface area (Å²) in [6, 6.07) is 9.85. The number of benzene rings is 1. The Morgan fingerprint density at radius 2 is 1.96 bits per heavy atom. The van der Waals surface area contributed by atoms with Gasteiger partial charge in [0.2, 0.25) is 0 Å². The van der Waals surface area contributed by atoms with Gasteiger partial charge in [0.05, 0.1) is 0 Å². The topological polar surface area (TPSA) is 88.6 Å². The third-order valence-corrected chi connectivity index (χ3v) is 5.12. The molecule has 3 aromatic rings. The number of carbonyl (C=O) groups is 1. The Kier molecular flexibility index (Phi) is 4.87. The van der Waals surface area contributed by atoms with E-state index in [2.05, 4.69) is 26.4 Å². The summed E-state index contributed by atoms with van der Waals surface area (Å²) in [4.78, 5) is 18.3. The summed E-state index contributed by atoms with van der Waals surface area (Å²) in [5.74, 6) is 0.815. The number of fused-ring (bicyclic) bond motifs is 1. The molecule has 3 N–H and O–H groups in total. The van der Waals surface area contributed by atoms with Crippen LogP contribution in [0.2, 0.25) is 0 Å². The molecule has 0 atom stereocenters. The van der Waals surface area contributed by atoms with Gasteiger partial charge in [-0.3, -0.25) is 9.69 Å². The minimum absolute atomic E-state index is 0.0566. The van der Waals surface area contributed by atoms with Crippen LogP contribution >= 0.6 is 0 Å². The Hall–Kier alpha value is -2.77. The molecule has 7 nitrogen and oxygen atoms in total. The summed E-state index contributed by atoms with van der Waals surface area (Å²) < 4.78 is 1.85. The van der Waals surface area contributed by atoms with E-state index in [9.17, 15) is 4.79 Å². The molecule has 1 aliphatic heterocycles. The Morgan fingerprint density at radius 3 is 2.67 bits per heavy atom. The average molecular weight is 364 g/mol. The third-order valence-electron chi connectivity index (χ3n) is 5.12. The predicted molar refractivity (Wildman–Crippen MR) is 105 cm³/mol. The number of likely N-dealkylation sites (tertiary alicyclic amines) is 1. The van der Waals surface area contributed by atoms with Crippen LogP contribution in [0.1, 0.15) is 35.7 Å². The maximum absolute atomic E-state index is 11.5. The largest absolute Gasteiger partial charge is 0.338 e. The summed E-state index contributed by atoms with van der Waals surface area (Å²) in [5.41, 5.74) is 9.76. The van der Waals surface area contributed by atoms with Crippen LogP contribution < -0.4 is 11.1 Å². The van der Waals surface area contributed by atoms with E-state index in [-0.39, 0.29) is 5.78 Å². The number of rotatable bonds is 5. The Labute approximate surface area is 158 Å². The standard InChI is InChI=1S/C20H24N6O/c1-14(27)15-2-4-18(5-3-15)24-20-19-16(6-11-26(19)23-13-22-20)12-25-9-7-17(21)8-10-25/h2-6,11,13,17H,7-10,12,21H2,1H3,(H,22,23,24). The second kappa shape index (κ2) is 7.46. The van der Waals surface area contributed by atoms with E-state index in [1.807, 2.05) is 35.0 Å². The molecule has 3 heterocycles. The lowest BCUT2D eigenvalue weighted by atomic mass is 10.1. The Balaban J connectivity index is 1.59. The van der Waals surface area contributed by atoms with Crippen molar-refractivity contribution in [2.75, 3.05) is 18.4 Å². The quantitative estimate of drug-likeness (QED) is 0.677. The first-order valence-electron chi connectivity index (χ1n) is 9.27. The van der Waals surface area contributed by atoms with E-state index < -0.39 is 0 Å². The third kappa shape index (κ3) is 3.84. The molecule has 0 unspecified atom stereocenters. The highest BCUT2D eigenvalue weighted by molar-refractivity contribution is 5.94. The van der Waals surface area contributed by atoms with Crippen LogP contribution in [-0.2, 0) is 6.54 Å². The fourth-order valence-corrected chi connectivity index (χ4v) is 3.51. The number of piperidine rings is 1. The molecular weight excluding hydrogens is 340 g/mol. The van der Waals surface area contributed by atoms with Crippen LogP contribution in [-0.4, -0.2) is 44.4 Å². The first-order chi connectivity index (χ1) is 13.1. The van der Waals surface area contributed by atoms with E-state index in [4.69, 9.17) is 5.73 Å². The molecule has 1 fully saturated rings. The van der Waals surface area contributed by atoms with Gasteiger partial charge in [0.15, 0.2) is 11.6 Å². The van der Waals surface area contributed by atoms with Crippen LogP contribution in [0.25, 0.3) is 5.52 Å². The number of nitrogens with one attached hydrogen (secondary N) is 1. The van der Waals surface area contributed by atoms with Crippen LogP contribution in [0.5, 0.6) is 0 Å². The zero-order valence-electron chi connectivity index (χ0n) is 15.4. The molecule has 0 bridgehead atoms. The number of anilines is 2. The molecule has 4 rings (SSSR count). The van der Waals surface area contributed by atoms with Gasteiger partial charge in [0, 0.05) is 30.0 Å². The highest BCUT2D eigenvalue weighted by atomic mass is 16.1. The van der Waals surface area contributed by atoms with Crippen LogP contribution in [0.3, 0.4) is 0 Å². The van der Waals surface area contributed by atoms with Crippen molar-refractivity contribution in [3.8, 4) is 0 Å². The van der Waals surface area contributed by atoms with Gasteiger partial charge >= 0.3 is 0 Å². The normalized spacial score (nSPS) is 15.9. The second-order valence-corrected chi connectivity index (χ2v) is 7.11. The first-order valence-corrected chi connectivity index (χ1v) is 9.27. The zero-order chi connectivity index (χ0) is 18.8. The molecule has 0 saturated carbocycles. The summed E-state index contributed by atoms with van der Waals surface area (Å²) in [5, 5.41) is 7.69. The fourth-order valence-electron chi connectivity index (χ4n) is 3.51. The summed E-state index contributed by atoms with van der Waals surface area (Å²) in [6.07, 6.45) is 5.58. The maximum atomic E-state index is 11.5. The van der Waals surface area contributed by atoms with Gasteiger partial charge in [-0.1, -0.05) is 0 Å². The lowest BCUT2D eigenvalue weighted by molar-refractivity contribution is 0.101. The van der Waals surface area contributed by atoms with E-state index >= 15 is 0 Å². The van der Waals surface area contributed by atoms with E-state index in [0.717, 1.165) is 49.5 Å². The molecule has 7 heteroatoms. The van der Waals surface area contributed by atoms with Gasteiger partial charge in [0.1, 0.15) is 11.8 Å². The molecule has 140 valence electrons. The molecule has 1 aliphatic rings. The fraction of sp³-hybridized carbons (Fsp3) is 0.350. The van der Waals surface area contributed by atoms with Crippen LogP contribution in [0, 0.1) is 0 Å². The smallest absolute Gasteiger partial charge is 0.159 e. The van der Waals surface area contributed by atoms with Crippen LogP contribution in [0.15, 0.2) is 42.9 Å². The molecule has 0 spiro atoms. The number of hydrogen-bond donors (Lipinski definition) is 2. The van der Waals surface area contributed by atoms with Crippen molar-refractivity contribution >= 4 is 22.8 Å². The number of aromatic nitrogens is 3.